The number of aromatic nitrogens is 4. The molecular weight excluding hydrogens is 506 g/mol. The summed E-state index contributed by atoms with van der Waals surface area (Å²) in [6, 6.07) is -5.58. The van der Waals surface area contributed by atoms with Crippen LogP contribution in [-0.4, -0.2) is 89.9 Å². The number of carbonyl (C=O) groups excluding carboxylic acids is 4. The van der Waals surface area contributed by atoms with Gasteiger partial charge in [0.1, 0.15) is 18.1 Å². The number of imidazole rings is 2. The van der Waals surface area contributed by atoms with Crippen molar-refractivity contribution in [2.24, 2.45) is 11.5 Å². The number of nitrogens with zero attached hydrogens (tertiary/aromatic N) is 2. The highest BCUT2D eigenvalue weighted by atomic mass is 16.4. The third-order valence-electron chi connectivity index (χ3n) is 5.25. The summed E-state index contributed by atoms with van der Waals surface area (Å²) in [6.07, 6.45) is 3.88. The van der Waals surface area contributed by atoms with Crippen LogP contribution in [0, 0.1) is 0 Å². The van der Waals surface area contributed by atoms with Crippen molar-refractivity contribution >= 4 is 35.6 Å². The molecule has 17 heteroatoms. The van der Waals surface area contributed by atoms with Crippen LogP contribution in [0.1, 0.15) is 30.7 Å². The van der Waals surface area contributed by atoms with Crippen LogP contribution in [0.2, 0.25) is 0 Å². The number of hydrogen-bond acceptors (Lipinski definition) is 9. The maximum atomic E-state index is 13.1. The zero-order valence-corrected chi connectivity index (χ0v) is 20.0. The summed E-state index contributed by atoms with van der Waals surface area (Å²) in [5.41, 5.74) is 11.8. The van der Waals surface area contributed by atoms with Crippen LogP contribution in [0.4, 0.5) is 0 Å². The molecule has 0 aromatic carbocycles. The van der Waals surface area contributed by atoms with E-state index in [9.17, 15) is 33.9 Å². The van der Waals surface area contributed by atoms with Crippen molar-refractivity contribution in [3.63, 3.8) is 0 Å². The van der Waals surface area contributed by atoms with Crippen LogP contribution in [0.3, 0.4) is 0 Å². The number of aromatic amines is 2. The van der Waals surface area contributed by atoms with E-state index in [1.165, 1.54) is 25.0 Å². The van der Waals surface area contributed by atoms with Gasteiger partial charge in [0.2, 0.25) is 23.6 Å². The summed E-state index contributed by atoms with van der Waals surface area (Å²) in [6.45, 7) is 0. The molecule has 11 N–H and O–H groups in total. The summed E-state index contributed by atoms with van der Waals surface area (Å²) in [5.74, 6) is -6.25. The van der Waals surface area contributed by atoms with Crippen molar-refractivity contribution < 1.29 is 39.0 Å². The second-order valence-electron chi connectivity index (χ2n) is 8.29. The van der Waals surface area contributed by atoms with Crippen LogP contribution < -0.4 is 27.4 Å². The smallest absolute Gasteiger partial charge is 0.326 e. The van der Waals surface area contributed by atoms with E-state index in [1.807, 2.05) is 0 Å². The Balaban J connectivity index is 2.16. The lowest BCUT2D eigenvalue weighted by Crippen LogP contribution is -2.58. The Morgan fingerprint density at radius 2 is 1.32 bits per heavy atom. The number of amides is 4. The van der Waals surface area contributed by atoms with Crippen molar-refractivity contribution in [2.75, 3.05) is 0 Å². The number of carboxylic acid groups (broad SMARTS) is 2. The Labute approximate surface area is 215 Å². The molecule has 0 saturated carbocycles. The fourth-order valence-corrected chi connectivity index (χ4v) is 3.29. The van der Waals surface area contributed by atoms with Crippen LogP contribution in [-0.2, 0) is 41.6 Å². The molecule has 0 aliphatic rings. The van der Waals surface area contributed by atoms with Crippen molar-refractivity contribution in [2.45, 2.75) is 56.3 Å². The Kier molecular flexibility index (Phi) is 10.9. The topological polar surface area (TPSA) is 288 Å². The van der Waals surface area contributed by atoms with E-state index in [4.69, 9.17) is 16.6 Å². The standard InChI is InChI=1S/C21H29N9O8/c22-12(1-2-17(32)33)18(34)28-13(3-10-6-24-8-26-10)19(35)29-14(5-16(23)31)20(36)30-15(21(37)38)4-11-7-25-9-27-11/h6-9,12-15H,1-5,22H2,(H2,23,31)(H,24,26)(H,25,27)(H,28,34)(H,29,35)(H,30,36)(H,32,33)(H,37,38). The molecule has 2 aromatic heterocycles. The fourth-order valence-electron chi connectivity index (χ4n) is 3.29. The quantitative estimate of drug-likeness (QED) is 0.102. The third-order valence-corrected chi connectivity index (χ3v) is 5.25. The molecular formula is C21H29N9O8. The molecule has 2 rings (SSSR count). The number of primary amides is 1. The second kappa shape index (κ2) is 14.1. The van der Waals surface area contributed by atoms with E-state index in [-0.39, 0.29) is 25.7 Å². The number of carbonyl (C=O) groups is 6. The van der Waals surface area contributed by atoms with Crippen molar-refractivity contribution in [1.82, 2.24) is 35.9 Å². The van der Waals surface area contributed by atoms with Gasteiger partial charge < -0.3 is 47.6 Å². The minimum atomic E-state index is -1.58. The van der Waals surface area contributed by atoms with Gasteiger partial charge in [0, 0.05) is 43.0 Å². The minimum Gasteiger partial charge on any atom is -0.481 e. The molecule has 38 heavy (non-hydrogen) atoms. The molecule has 2 heterocycles. The normalized spacial score (nSPS) is 13.9. The second-order valence-corrected chi connectivity index (χ2v) is 8.29. The number of rotatable bonds is 16. The average molecular weight is 536 g/mol. The third kappa shape index (κ3) is 9.69. The lowest BCUT2D eigenvalue weighted by atomic mass is 10.1. The maximum Gasteiger partial charge on any atom is 0.326 e. The molecule has 2 aromatic rings. The van der Waals surface area contributed by atoms with Gasteiger partial charge in [0.25, 0.3) is 0 Å². The molecule has 0 bridgehead atoms. The van der Waals surface area contributed by atoms with E-state index < -0.39 is 66.2 Å². The SMILES string of the molecule is NC(=O)CC(NC(=O)C(Cc1cnc[nH]1)NC(=O)C(N)CCC(=O)O)C(=O)NC(Cc1cnc[nH]1)C(=O)O. The summed E-state index contributed by atoms with van der Waals surface area (Å²) in [4.78, 5) is 85.6. The van der Waals surface area contributed by atoms with Crippen LogP contribution >= 0.6 is 0 Å². The summed E-state index contributed by atoms with van der Waals surface area (Å²) < 4.78 is 0. The molecule has 0 radical (unpaired) electrons. The van der Waals surface area contributed by atoms with E-state index in [0.717, 1.165) is 0 Å². The van der Waals surface area contributed by atoms with E-state index in [2.05, 4.69) is 35.9 Å². The first kappa shape index (κ1) is 29.4. The lowest BCUT2D eigenvalue weighted by Gasteiger charge is -2.24. The van der Waals surface area contributed by atoms with Gasteiger partial charge in [0.15, 0.2) is 0 Å². The van der Waals surface area contributed by atoms with Gasteiger partial charge in [-0.1, -0.05) is 0 Å². The molecule has 0 fully saturated rings. The number of nitrogens with one attached hydrogen (secondary N) is 5. The highest BCUT2D eigenvalue weighted by Gasteiger charge is 2.32. The van der Waals surface area contributed by atoms with E-state index >= 15 is 0 Å². The largest absolute Gasteiger partial charge is 0.481 e. The lowest BCUT2D eigenvalue weighted by molar-refractivity contribution is -0.142. The summed E-state index contributed by atoms with van der Waals surface area (Å²) >= 11 is 0. The summed E-state index contributed by atoms with van der Waals surface area (Å²) in [7, 11) is 0. The molecule has 4 unspecified atom stereocenters. The first-order valence-corrected chi connectivity index (χ1v) is 11.3. The van der Waals surface area contributed by atoms with Gasteiger partial charge in [-0.25, -0.2) is 14.8 Å². The van der Waals surface area contributed by atoms with Gasteiger partial charge in [-0.15, -0.1) is 0 Å². The molecule has 0 saturated heterocycles. The fraction of sp³-hybridized carbons (Fsp3) is 0.429. The number of H-pyrrole nitrogens is 2. The highest BCUT2D eigenvalue weighted by Crippen LogP contribution is 2.05. The van der Waals surface area contributed by atoms with Gasteiger partial charge >= 0.3 is 11.9 Å². The van der Waals surface area contributed by atoms with Crippen LogP contribution in [0.25, 0.3) is 0 Å². The predicted molar refractivity (Wildman–Crippen MR) is 127 cm³/mol. The molecule has 0 aliphatic carbocycles. The van der Waals surface area contributed by atoms with Crippen LogP contribution in [0.15, 0.2) is 25.0 Å². The minimum absolute atomic E-state index is 0.133. The molecule has 17 nitrogen and oxygen atoms in total. The highest BCUT2D eigenvalue weighted by molar-refractivity contribution is 5.96. The van der Waals surface area contributed by atoms with Crippen LogP contribution in [0.5, 0.6) is 0 Å². The number of nitrogens with two attached hydrogens (primary N) is 2. The molecule has 4 atom stereocenters. The van der Waals surface area contributed by atoms with Crippen molar-refractivity contribution in [3.05, 3.63) is 36.4 Å². The Bertz CT molecular complexity index is 1120. The zero-order valence-electron chi connectivity index (χ0n) is 20.0. The van der Waals surface area contributed by atoms with Gasteiger partial charge in [-0.2, -0.15) is 0 Å². The Morgan fingerprint density at radius 3 is 1.79 bits per heavy atom. The van der Waals surface area contributed by atoms with Crippen molar-refractivity contribution in [1.29, 1.82) is 0 Å². The first-order chi connectivity index (χ1) is 18.0. The molecule has 206 valence electrons. The van der Waals surface area contributed by atoms with E-state index in [1.54, 1.807) is 0 Å². The predicted octanol–water partition coefficient (Wildman–Crippen LogP) is -3.48. The molecule has 0 spiro atoms. The number of hydrogen-bond donors (Lipinski definition) is 9. The Hall–Kier alpha value is -4.80. The van der Waals surface area contributed by atoms with Gasteiger partial charge in [0.05, 0.1) is 25.1 Å². The number of carboxylic acids is 2. The van der Waals surface area contributed by atoms with Crippen molar-refractivity contribution in [3.8, 4) is 0 Å². The average Bonchev–Trinajstić information content (AvgIpc) is 3.55. The molecule has 0 aliphatic heterocycles. The first-order valence-electron chi connectivity index (χ1n) is 11.3. The van der Waals surface area contributed by atoms with Gasteiger partial charge in [-0.05, 0) is 6.42 Å². The summed E-state index contributed by atoms with van der Waals surface area (Å²) in [5, 5.41) is 25.2. The van der Waals surface area contributed by atoms with Gasteiger partial charge in [-0.3, -0.25) is 24.0 Å². The maximum absolute atomic E-state index is 13.1. The van der Waals surface area contributed by atoms with E-state index in [0.29, 0.717) is 11.4 Å². The number of aliphatic carboxylic acids is 2. The Morgan fingerprint density at radius 1 is 0.816 bits per heavy atom. The zero-order chi connectivity index (χ0) is 28.2. The monoisotopic (exact) mass is 535 g/mol. The molecule has 4 amide bonds.